The predicted molar refractivity (Wildman–Crippen MR) is 81.0 cm³/mol. The van der Waals surface area contributed by atoms with E-state index in [0.29, 0.717) is 28.8 Å². The second kappa shape index (κ2) is 7.31. The van der Waals surface area contributed by atoms with Crippen molar-refractivity contribution >= 4 is 29.0 Å². The average Bonchev–Trinajstić information content (AvgIpc) is 2.63. The van der Waals surface area contributed by atoms with E-state index in [1.165, 1.54) is 38.5 Å². The summed E-state index contributed by atoms with van der Waals surface area (Å²) >= 11 is 12.2. The largest absolute Gasteiger partial charge is 0.299 e. The molecule has 104 valence electrons. The molecule has 0 amide bonds. The van der Waals surface area contributed by atoms with Crippen molar-refractivity contribution in [3.63, 3.8) is 0 Å². The van der Waals surface area contributed by atoms with Gasteiger partial charge in [-0.05, 0) is 23.6 Å². The zero-order chi connectivity index (χ0) is 13.7. The van der Waals surface area contributed by atoms with Gasteiger partial charge in [0.25, 0.3) is 0 Å². The Morgan fingerprint density at radius 1 is 1.05 bits per heavy atom. The van der Waals surface area contributed by atoms with Crippen LogP contribution >= 0.6 is 23.2 Å². The van der Waals surface area contributed by atoms with Crippen molar-refractivity contribution in [3.8, 4) is 0 Å². The number of rotatable bonds is 4. The van der Waals surface area contributed by atoms with Crippen molar-refractivity contribution in [1.29, 1.82) is 0 Å². The molecule has 19 heavy (non-hydrogen) atoms. The number of benzene rings is 1. The predicted octanol–water partition coefficient (Wildman–Crippen LogP) is 5.47. The SMILES string of the molecule is O=C(Cc1c(Cl)cccc1Cl)CC1CCCCCC1. The van der Waals surface area contributed by atoms with Gasteiger partial charge in [0.2, 0.25) is 0 Å². The molecule has 1 aromatic rings. The summed E-state index contributed by atoms with van der Waals surface area (Å²) in [6.45, 7) is 0. The van der Waals surface area contributed by atoms with E-state index in [4.69, 9.17) is 23.2 Å². The molecular weight excluding hydrogens is 279 g/mol. The first-order valence-electron chi connectivity index (χ1n) is 7.11. The first kappa shape index (κ1) is 14.9. The quantitative estimate of drug-likeness (QED) is 0.674. The van der Waals surface area contributed by atoms with Crippen LogP contribution in [0.4, 0.5) is 0 Å². The van der Waals surface area contributed by atoms with E-state index in [2.05, 4.69) is 0 Å². The molecule has 3 heteroatoms. The Hall–Kier alpha value is -0.530. The van der Waals surface area contributed by atoms with E-state index in [-0.39, 0.29) is 5.78 Å². The third-order valence-electron chi connectivity index (χ3n) is 3.93. The summed E-state index contributed by atoms with van der Waals surface area (Å²) in [5.74, 6) is 0.832. The Bertz CT molecular complexity index is 414. The number of hydrogen-bond donors (Lipinski definition) is 0. The normalized spacial score (nSPS) is 17.2. The van der Waals surface area contributed by atoms with Gasteiger partial charge >= 0.3 is 0 Å². The van der Waals surface area contributed by atoms with Crippen LogP contribution in [0.1, 0.15) is 50.5 Å². The Morgan fingerprint density at radius 2 is 1.63 bits per heavy atom. The maximum Gasteiger partial charge on any atom is 0.137 e. The van der Waals surface area contributed by atoms with Gasteiger partial charge in [0.1, 0.15) is 5.78 Å². The molecule has 1 aliphatic carbocycles. The number of halogens is 2. The van der Waals surface area contributed by atoms with Crippen LogP contribution < -0.4 is 0 Å². The molecule has 0 aliphatic heterocycles. The molecule has 0 aromatic heterocycles. The molecule has 1 aromatic carbocycles. The first-order valence-corrected chi connectivity index (χ1v) is 7.87. The van der Waals surface area contributed by atoms with Gasteiger partial charge in [0, 0.05) is 22.9 Å². The maximum absolute atomic E-state index is 12.2. The Labute approximate surface area is 125 Å². The summed E-state index contributed by atoms with van der Waals surface area (Å²) in [6, 6.07) is 5.40. The van der Waals surface area contributed by atoms with Crippen LogP contribution in [0, 0.1) is 5.92 Å². The summed E-state index contributed by atoms with van der Waals surface area (Å²) in [6.07, 6.45) is 8.62. The van der Waals surface area contributed by atoms with E-state index >= 15 is 0 Å². The molecule has 0 radical (unpaired) electrons. The highest BCUT2D eigenvalue weighted by molar-refractivity contribution is 6.36. The second-order valence-electron chi connectivity index (χ2n) is 5.48. The molecule has 0 saturated heterocycles. The van der Waals surface area contributed by atoms with Crippen molar-refractivity contribution in [3.05, 3.63) is 33.8 Å². The molecule has 0 atom stereocenters. The lowest BCUT2D eigenvalue weighted by molar-refractivity contribution is -0.119. The fraction of sp³-hybridized carbons (Fsp3) is 0.562. The topological polar surface area (TPSA) is 17.1 Å². The van der Waals surface area contributed by atoms with Gasteiger partial charge in [-0.1, -0.05) is 67.8 Å². The van der Waals surface area contributed by atoms with Crippen LogP contribution in [0.2, 0.25) is 10.0 Å². The molecule has 0 heterocycles. The molecule has 1 aliphatic rings. The molecule has 0 bridgehead atoms. The molecule has 2 rings (SSSR count). The van der Waals surface area contributed by atoms with Crippen molar-refractivity contribution in [2.45, 2.75) is 51.4 Å². The van der Waals surface area contributed by atoms with Crippen molar-refractivity contribution in [2.24, 2.45) is 5.92 Å². The van der Waals surface area contributed by atoms with Crippen LogP contribution in [0.5, 0.6) is 0 Å². The fourth-order valence-corrected chi connectivity index (χ4v) is 3.39. The molecule has 0 N–H and O–H groups in total. The van der Waals surface area contributed by atoms with Gasteiger partial charge in [0.15, 0.2) is 0 Å². The standard InChI is InChI=1S/C16H20Cl2O/c17-15-8-5-9-16(18)14(15)11-13(19)10-12-6-3-1-2-4-7-12/h5,8-9,12H,1-4,6-7,10-11H2. The zero-order valence-corrected chi connectivity index (χ0v) is 12.6. The Balaban J connectivity index is 1.93. The van der Waals surface area contributed by atoms with E-state index in [0.717, 1.165) is 5.56 Å². The Morgan fingerprint density at radius 3 is 2.21 bits per heavy atom. The summed E-state index contributed by atoms with van der Waals surface area (Å²) in [4.78, 5) is 12.2. The fourth-order valence-electron chi connectivity index (χ4n) is 2.86. The molecular formula is C16H20Cl2O. The van der Waals surface area contributed by atoms with Gasteiger partial charge < -0.3 is 0 Å². The summed E-state index contributed by atoms with van der Waals surface area (Å²) in [7, 11) is 0. The second-order valence-corrected chi connectivity index (χ2v) is 6.29. The summed E-state index contributed by atoms with van der Waals surface area (Å²) in [5, 5.41) is 1.20. The van der Waals surface area contributed by atoms with Crippen molar-refractivity contribution in [1.82, 2.24) is 0 Å². The number of carbonyl (C=O) groups is 1. The number of ketones is 1. The van der Waals surface area contributed by atoms with E-state index < -0.39 is 0 Å². The monoisotopic (exact) mass is 298 g/mol. The number of carbonyl (C=O) groups excluding carboxylic acids is 1. The smallest absolute Gasteiger partial charge is 0.137 e. The van der Waals surface area contributed by atoms with Crippen LogP contribution in [0.25, 0.3) is 0 Å². The number of hydrogen-bond acceptors (Lipinski definition) is 1. The number of Topliss-reactive ketones (excluding diaryl/α,β-unsaturated/α-hetero) is 1. The van der Waals surface area contributed by atoms with E-state index in [1.54, 1.807) is 12.1 Å². The van der Waals surface area contributed by atoms with Gasteiger partial charge in [-0.15, -0.1) is 0 Å². The molecule has 1 saturated carbocycles. The minimum Gasteiger partial charge on any atom is -0.299 e. The van der Waals surface area contributed by atoms with Crippen LogP contribution in [-0.2, 0) is 11.2 Å². The van der Waals surface area contributed by atoms with E-state index in [1.807, 2.05) is 6.07 Å². The molecule has 1 nitrogen and oxygen atoms in total. The lowest BCUT2D eigenvalue weighted by atomic mass is 9.92. The third kappa shape index (κ3) is 4.50. The highest BCUT2D eigenvalue weighted by Crippen LogP contribution is 2.28. The third-order valence-corrected chi connectivity index (χ3v) is 4.63. The highest BCUT2D eigenvalue weighted by atomic mass is 35.5. The molecule has 1 fully saturated rings. The highest BCUT2D eigenvalue weighted by Gasteiger charge is 2.18. The summed E-state index contributed by atoms with van der Waals surface area (Å²) in [5.41, 5.74) is 0.782. The summed E-state index contributed by atoms with van der Waals surface area (Å²) < 4.78 is 0. The minimum absolute atomic E-state index is 0.266. The molecule has 0 unspecified atom stereocenters. The van der Waals surface area contributed by atoms with Crippen LogP contribution in [0.15, 0.2) is 18.2 Å². The lowest BCUT2D eigenvalue weighted by Gasteiger charge is -2.13. The van der Waals surface area contributed by atoms with Crippen molar-refractivity contribution in [2.75, 3.05) is 0 Å². The van der Waals surface area contributed by atoms with Gasteiger partial charge in [-0.3, -0.25) is 4.79 Å². The van der Waals surface area contributed by atoms with Crippen LogP contribution in [0.3, 0.4) is 0 Å². The minimum atomic E-state index is 0.266. The van der Waals surface area contributed by atoms with Crippen LogP contribution in [-0.4, -0.2) is 5.78 Å². The van der Waals surface area contributed by atoms with Gasteiger partial charge in [0.05, 0.1) is 0 Å². The van der Waals surface area contributed by atoms with E-state index in [9.17, 15) is 4.79 Å². The van der Waals surface area contributed by atoms with Crippen molar-refractivity contribution < 1.29 is 4.79 Å². The first-order chi connectivity index (χ1) is 9.16. The Kier molecular flexibility index (Phi) is 5.72. The maximum atomic E-state index is 12.2. The lowest BCUT2D eigenvalue weighted by Crippen LogP contribution is -2.11. The van der Waals surface area contributed by atoms with Gasteiger partial charge in [-0.2, -0.15) is 0 Å². The average molecular weight is 299 g/mol. The molecule has 0 spiro atoms. The zero-order valence-electron chi connectivity index (χ0n) is 11.1. The van der Waals surface area contributed by atoms with Gasteiger partial charge in [-0.25, -0.2) is 0 Å².